The molecule has 0 saturated heterocycles. The summed E-state index contributed by atoms with van der Waals surface area (Å²) in [5.41, 5.74) is 0. The van der Waals surface area contributed by atoms with E-state index >= 15 is 0 Å². The topological polar surface area (TPSA) is 155 Å². The minimum absolute atomic E-state index is 0.158. The van der Waals surface area contributed by atoms with Crippen molar-refractivity contribution in [3.8, 4) is 0 Å². The Balaban J connectivity index is 4.74. The van der Waals surface area contributed by atoms with E-state index in [1.165, 1.54) is 154 Å². The first-order valence-electron chi connectivity index (χ1n) is 32.8. The van der Waals surface area contributed by atoms with Crippen LogP contribution in [0.1, 0.15) is 303 Å². The molecule has 0 aliphatic heterocycles. The third kappa shape index (κ3) is 59.5. The number of rotatable bonds is 61. The standard InChI is InChI=1S/C68H121O11P/c1-4-7-10-13-16-19-22-25-28-30-32-34-37-39-42-45-48-51-54-57-66(70)75-61-65(79-68(72)59-56-53-50-47-44-41-38-35-33-31-29-26-23-20-17-14-11-8-5-2)63-77-80(73,74)76-62-64(60-69)78-67(71)58-55-52-49-46-43-40-36-27-24-21-18-15-12-9-6-3/h7,10,16,19,25-26,28-29,32,34,39,42,64-65,69H,4-6,8-9,11-15,17-18,20-24,27,30-31,33,35-38,40-41,43-63H2,1-3H3,(H,73,74)/b10-7-,19-16-,28-25-,29-26-,34-32-,42-39-. The lowest BCUT2D eigenvalue weighted by Crippen LogP contribution is -2.30. The fourth-order valence-corrected chi connectivity index (χ4v) is 9.93. The molecule has 0 bridgehead atoms. The first kappa shape index (κ1) is 76.9. The maximum absolute atomic E-state index is 13.0. The van der Waals surface area contributed by atoms with Gasteiger partial charge in [-0.05, 0) is 89.9 Å². The Morgan fingerprint density at radius 1 is 0.362 bits per heavy atom. The van der Waals surface area contributed by atoms with E-state index in [-0.39, 0.29) is 25.9 Å². The Bertz CT molecular complexity index is 1620. The van der Waals surface area contributed by atoms with Crippen molar-refractivity contribution in [3.05, 3.63) is 72.9 Å². The lowest BCUT2D eigenvalue weighted by atomic mass is 10.0. The quantitative estimate of drug-likeness (QED) is 0.0197. The van der Waals surface area contributed by atoms with Crippen LogP contribution in [0.2, 0.25) is 0 Å². The zero-order valence-electron chi connectivity index (χ0n) is 51.5. The van der Waals surface area contributed by atoms with Gasteiger partial charge in [-0.1, -0.05) is 267 Å². The van der Waals surface area contributed by atoms with E-state index < -0.39 is 57.8 Å². The molecule has 0 amide bonds. The van der Waals surface area contributed by atoms with Gasteiger partial charge in [0.05, 0.1) is 19.8 Å². The summed E-state index contributed by atoms with van der Waals surface area (Å²) < 4.78 is 39.7. The smallest absolute Gasteiger partial charge is 0.462 e. The molecule has 0 rings (SSSR count). The highest BCUT2D eigenvalue weighted by molar-refractivity contribution is 7.47. The zero-order chi connectivity index (χ0) is 58.3. The van der Waals surface area contributed by atoms with E-state index in [2.05, 4.69) is 93.7 Å². The van der Waals surface area contributed by atoms with Crippen molar-refractivity contribution in [1.82, 2.24) is 0 Å². The van der Waals surface area contributed by atoms with Crippen LogP contribution in [0.4, 0.5) is 0 Å². The second-order valence-corrected chi connectivity index (χ2v) is 23.4. The third-order valence-corrected chi connectivity index (χ3v) is 15.1. The number of phosphoric ester groups is 1. The molecule has 3 atom stereocenters. The maximum atomic E-state index is 13.0. The largest absolute Gasteiger partial charge is 0.472 e. The van der Waals surface area contributed by atoms with Crippen LogP contribution in [-0.2, 0) is 42.2 Å². The van der Waals surface area contributed by atoms with Gasteiger partial charge in [0, 0.05) is 19.3 Å². The second-order valence-electron chi connectivity index (χ2n) is 21.9. The molecule has 11 nitrogen and oxygen atoms in total. The molecule has 0 saturated carbocycles. The number of carbonyl (C=O) groups excluding carboxylic acids is 3. The molecule has 3 unspecified atom stereocenters. The summed E-state index contributed by atoms with van der Waals surface area (Å²) in [4.78, 5) is 48.8. The van der Waals surface area contributed by atoms with Crippen LogP contribution in [0.15, 0.2) is 72.9 Å². The summed E-state index contributed by atoms with van der Waals surface area (Å²) in [6, 6.07) is 0. The second kappa shape index (κ2) is 62.0. The van der Waals surface area contributed by atoms with Crippen molar-refractivity contribution in [3.63, 3.8) is 0 Å². The van der Waals surface area contributed by atoms with Crippen LogP contribution in [0.5, 0.6) is 0 Å². The van der Waals surface area contributed by atoms with Gasteiger partial charge in [-0.2, -0.15) is 0 Å². The van der Waals surface area contributed by atoms with Gasteiger partial charge in [0.15, 0.2) is 6.10 Å². The van der Waals surface area contributed by atoms with Crippen molar-refractivity contribution in [1.29, 1.82) is 0 Å². The Morgan fingerprint density at radius 3 is 1.02 bits per heavy atom. The molecule has 0 radical (unpaired) electrons. The number of phosphoric acid groups is 1. The van der Waals surface area contributed by atoms with Gasteiger partial charge in [-0.3, -0.25) is 23.4 Å². The predicted octanol–water partition coefficient (Wildman–Crippen LogP) is 20.0. The fraction of sp³-hybridized carbons (Fsp3) is 0.779. The zero-order valence-corrected chi connectivity index (χ0v) is 52.4. The van der Waals surface area contributed by atoms with Gasteiger partial charge in [0.25, 0.3) is 0 Å². The van der Waals surface area contributed by atoms with Gasteiger partial charge in [-0.25, -0.2) is 4.57 Å². The normalized spacial score (nSPS) is 13.7. The van der Waals surface area contributed by atoms with Crippen molar-refractivity contribution >= 4 is 25.7 Å². The van der Waals surface area contributed by atoms with Crippen molar-refractivity contribution in [2.24, 2.45) is 0 Å². The van der Waals surface area contributed by atoms with E-state index in [1.54, 1.807) is 0 Å². The number of aliphatic hydroxyl groups excluding tert-OH is 1. The number of ether oxygens (including phenoxy) is 3. The number of esters is 3. The Hall–Kier alpha value is -3.08. The van der Waals surface area contributed by atoms with Crippen LogP contribution < -0.4 is 0 Å². The average Bonchev–Trinajstić information content (AvgIpc) is 3.45. The molecule has 464 valence electrons. The predicted molar refractivity (Wildman–Crippen MR) is 335 cm³/mol. The molecule has 0 fully saturated rings. The monoisotopic (exact) mass is 1140 g/mol. The molecule has 2 N–H and O–H groups in total. The first-order valence-corrected chi connectivity index (χ1v) is 34.3. The molecular formula is C68H121O11P. The number of hydrogen-bond acceptors (Lipinski definition) is 10. The van der Waals surface area contributed by atoms with E-state index in [4.69, 9.17) is 23.3 Å². The van der Waals surface area contributed by atoms with E-state index in [0.717, 1.165) is 89.9 Å². The number of hydrogen-bond donors (Lipinski definition) is 2. The fourth-order valence-electron chi connectivity index (χ4n) is 9.14. The SMILES string of the molecule is CC/C=C\C/C=C\C/C=C\C/C=C\C/C=C\CCCCCC(=O)OCC(COP(=O)(O)OCC(CO)OC(=O)CCCCCCCCCCCCCCCCC)OC(=O)CCCCCCCCCCC/C=C\CCCCCCCC. The summed E-state index contributed by atoms with van der Waals surface area (Å²) in [5, 5.41) is 9.85. The summed E-state index contributed by atoms with van der Waals surface area (Å²) in [6.45, 7) is 4.54. The van der Waals surface area contributed by atoms with Gasteiger partial charge in [0.2, 0.25) is 0 Å². The molecule has 80 heavy (non-hydrogen) atoms. The van der Waals surface area contributed by atoms with Crippen LogP contribution in [0.25, 0.3) is 0 Å². The number of allylic oxidation sites excluding steroid dienone is 12. The molecule has 0 aromatic carbocycles. The molecule has 0 heterocycles. The van der Waals surface area contributed by atoms with Gasteiger partial charge in [0.1, 0.15) is 12.7 Å². The number of carbonyl (C=O) groups is 3. The lowest BCUT2D eigenvalue weighted by Gasteiger charge is -2.21. The van der Waals surface area contributed by atoms with Gasteiger partial charge in [-0.15, -0.1) is 0 Å². The highest BCUT2D eigenvalue weighted by atomic mass is 31.2. The minimum atomic E-state index is -4.76. The Morgan fingerprint density at radius 2 is 0.650 bits per heavy atom. The van der Waals surface area contributed by atoms with Crippen LogP contribution in [0.3, 0.4) is 0 Å². The van der Waals surface area contributed by atoms with E-state index in [0.29, 0.717) is 19.3 Å². The third-order valence-electron chi connectivity index (χ3n) is 14.1. The summed E-state index contributed by atoms with van der Waals surface area (Å²) in [6.07, 6.45) is 71.4. The maximum Gasteiger partial charge on any atom is 0.472 e. The summed E-state index contributed by atoms with van der Waals surface area (Å²) >= 11 is 0. The first-order chi connectivity index (χ1) is 39.2. The number of unbranched alkanes of at least 4 members (excludes halogenated alkanes) is 32. The highest BCUT2D eigenvalue weighted by Gasteiger charge is 2.28. The van der Waals surface area contributed by atoms with Crippen LogP contribution in [-0.4, -0.2) is 66.5 Å². The van der Waals surface area contributed by atoms with Crippen molar-refractivity contribution in [2.45, 2.75) is 315 Å². The minimum Gasteiger partial charge on any atom is -0.462 e. The van der Waals surface area contributed by atoms with Gasteiger partial charge >= 0.3 is 25.7 Å². The molecule has 0 aromatic heterocycles. The summed E-state index contributed by atoms with van der Waals surface area (Å²) in [7, 11) is -4.76. The average molecular weight is 1150 g/mol. The molecular weight excluding hydrogens is 1020 g/mol. The van der Waals surface area contributed by atoms with Crippen molar-refractivity contribution < 1.29 is 52.2 Å². The summed E-state index contributed by atoms with van der Waals surface area (Å²) in [5.74, 6) is -1.49. The number of aliphatic hydroxyl groups is 1. The van der Waals surface area contributed by atoms with Crippen molar-refractivity contribution in [2.75, 3.05) is 26.4 Å². The lowest BCUT2D eigenvalue weighted by molar-refractivity contribution is -0.161. The van der Waals surface area contributed by atoms with Gasteiger partial charge < -0.3 is 24.2 Å². The molecule has 12 heteroatoms. The Labute approximate surface area is 490 Å². The molecule has 0 aliphatic carbocycles. The molecule has 0 aromatic rings. The molecule has 0 spiro atoms. The highest BCUT2D eigenvalue weighted by Crippen LogP contribution is 2.43. The van der Waals surface area contributed by atoms with Crippen LogP contribution >= 0.6 is 7.82 Å². The van der Waals surface area contributed by atoms with Crippen LogP contribution in [0, 0.1) is 0 Å². The Kier molecular flexibility index (Phi) is 59.6. The molecule has 0 aliphatic rings. The van der Waals surface area contributed by atoms with E-state index in [1.807, 2.05) is 0 Å². The van der Waals surface area contributed by atoms with E-state index in [9.17, 15) is 28.9 Å².